The quantitative estimate of drug-likeness (QED) is 0.482. The van der Waals surface area contributed by atoms with Gasteiger partial charge in [0.25, 0.3) is 0 Å². The van der Waals surface area contributed by atoms with E-state index in [0.717, 1.165) is 5.56 Å². The fraction of sp³-hybridized carbons (Fsp3) is 0.462. The van der Waals surface area contributed by atoms with Gasteiger partial charge in [0.2, 0.25) is 0 Å². The normalized spacial score (nSPS) is 20.5. The molecule has 0 saturated carbocycles. The summed E-state index contributed by atoms with van der Waals surface area (Å²) >= 11 is 0. The molecule has 1 aromatic rings. The maximum atomic E-state index is 10.5. The molecule has 1 aliphatic heterocycles. The van der Waals surface area contributed by atoms with Gasteiger partial charge in [-0.05, 0) is 43.7 Å². The lowest BCUT2D eigenvalue weighted by Gasteiger charge is -2.32. The van der Waals surface area contributed by atoms with Crippen molar-refractivity contribution < 1.29 is 14.2 Å². The number of nitrogens with zero attached hydrogens (tertiary/aromatic N) is 2. The first kappa shape index (κ1) is 14.7. The predicted octanol–water partition coefficient (Wildman–Crippen LogP) is 2.63. The smallest absolute Gasteiger partial charge is 0.400 e. The van der Waals surface area contributed by atoms with Crippen molar-refractivity contribution in [1.82, 2.24) is 4.98 Å². The molecule has 2 heterocycles. The summed E-state index contributed by atoms with van der Waals surface area (Å²) in [7, 11) is -0.435. The van der Waals surface area contributed by atoms with Gasteiger partial charge in [-0.2, -0.15) is 0 Å². The molecule has 20 heavy (non-hydrogen) atoms. The molecular formula is C13H17BN2O4. The highest BCUT2D eigenvalue weighted by molar-refractivity contribution is 6.52. The van der Waals surface area contributed by atoms with Gasteiger partial charge in [0.1, 0.15) is 6.20 Å². The zero-order chi connectivity index (χ0) is 15.0. The van der Waals surface area contributed by atoms with Gasteiger partial charge in [-0.1, -0.05) is 12.1 Å². The number of nitro groups is 1. The van der Waals surface area contributed by atoms with Gasteiger partial charge in [-0.3, -0.25) is 0 Å². The number of pyridine rings is 1. The molecule has 1 saturated heterocycles. The summed E-state index contributed by atoms with van der Waals surface area (Å²) in [4.78, 5) is 13.7. The Hall–Kier alpha value is -1.73. The zero-order valence-electron chi connectivity index (χ0n) is 12.0. The summed E-state index contributed by atoms with van der Waals surface area (Å²) in [5.41, 5.74) is -0.00355. The van der Waals surface area contributed by atoms with Crippen LogP contribution in [-0.4, -0.2) is 28.2 Å². The van der Waals surface area contributed by atoms with Crippen LogP contribution in [0.1, 0.15) is 33.3 Å². The van der Waals surface area contributed by atoms with E-state index >= 15 is 0 Å². The lowest BCUT2D eigenvalue weighted by molar-refractivity contribution is -0.389. The first-order chi connectivity index (χ1) is 9.21. The molecule has 2 rings (SSSR count). The van der Waals surface area contributed by atoms with E-state index in [1.54, 1.807) is 18.1 Å². The van der Waals surface area contributed by atoms with Crippen LogP contribution in [0.15, 0.2) is 24.3 Å². The average molecular weight is 276 g/mol. The molecule has 7 heteroatoms. The molecule has 0 amide bonds. The summed E-state index contributed by atoms with van der Waals surface area (Å²) in [6.45, 7) is 7.92. The van der Waals surface area contributed by atoms with Crippen molar-refractivity contribution in [3.8, 4) is 0 Å². The second kappa shape index (κ2) is 4.99. The summed E-state index contributed by atoms with van der Waals surface area (Å²) < 4.78 is 11.6. The van der Waals surface area contributed by atoms with Crippen LogP contribution in [0.5, 0.6) is 0 Å². The van der Waals surface area contributed by atoms with Crippen molar-refractivity contribution in [2.75, 3.05) is 0 Å². The molecular weight excluding hydrogens is 259 g/mol. The SMILES string of the molecule is CC1(C)OB(/C=C/c2ccc([N+](=O)[O-])nc2)OC1(C)C. The molecule has 0 atom stereocenters. The second-order valence-corrected chi connectivity index (χ2v) is 5.69. The minimum atomic E-state index is -0.526. The Bertz CT molecular complexity index is 524. The highest BCUT2D eigenvalue weighted by atomic mass is 16.7. The van der Waals surface area contributed by atoms with Gasteiger partial charge in [0, 0.05) is 11.6 Å². The maximum Gasteiger partial charge on any atom is 0.487 e. The summed E-state index contributed by atoms with van der Waals surface area (Å²) in [6, 6.07) is 3.00. The Morgan fingerprint density at radius 2 is 1.85 bits per heavy atom. The Labute approximate surface area is 118 Å². The van der Waals surface area contributed by atoms with E-state index < -0.39 is 12.0 Å². The fourth-order valence-corrected chi connectivity index (χ4v) is 1.76. The minimum absolute atomic E-state index is 0.169. The van der Waals surface area contributed by atoms with E-state index in [2.05, 4.69) is 4.98 Å². The van der Waals surface area contributed by atoms with Crippen molar-refractivity contribution in [2.45, 2.75) is 38.9 Å². The van der Waals surface area contributed by atoms with Gasteiger partial charge in [-0.15, -0.1) is 0 Å². The summed E-state index contributed by atoms with van der Waals surface area (Å²) in [6.07, 6.45) is 3.22. The van der Waals surface area contributed by atoms with Crippen LogP contribution in [0.3, 0.4) is 0 Å². The first-order valence-corrected chi connectivity index (χ1v) is 6.35. The third kappa shape index (κ3) is 2.89. The van der Waals surface area contributed by atoms with Crippen molar-refractivity contribution >= 4 is 19.0 Å². The van der Waals surface area contributed by atoms with E-state index in [1.807, 2.05) is 27.7 Å². The van der Waals surface area contributed by atoms with Crippen LogP contribution >= 0.6 is 0 Å². The molecule has 0 aliphatic carbocycles. The van der Waals surface area contributed by atoms with E-state index in [4.69, 9.17) is 9.31 Å². The third-order valence-electron chi connectivity index (χ3n) is 3.68. The van der Waals surface area contributed by atoms with Crippen LogP contribution in [0, 0.1) is 10.1 Å². The predicted molar refractivity (Wildman–Crippen MR) is 76.0 cm³/mol. The molecule has 0 bridgehead atoms. The van der Waals surface area contributed by atoms with Crippen LogP contribution < -0.4 is 0 Å². The molecule has 1 aromatic heterocycles. The third-order valence-corrected chi connectivity index (χ3v) is 3.68. The molecule has 0 N–H and O–H groups in total. The number of aromatic nitrogens is 1. The fourth-order valence-electron chi connectivity index (χ4n) is 1.76. The van der Waals surface area contributed by atoms with Crippen LogP contribution in [-0.2, 0) is 9.31 Å². The molecule has 106 valence electrons. The Balaban J connectivity index is 2.06. The van der Waals surface area contributed by atoms with Gasteiger partial charge in [0.15, 0.2) is 0 Å². The van der Waals surface area contributed by atoms with Crippen LogP contribution in [0.4, 0.5) is 5.82 Å². The maximum absolute atomic E-state index is 10.5. The minimum Gasteiger partial charge on any atom is -0.400 e. The second-order valence-electron chi connectivity index (χ2n) is 5.69. The zero-order valence-corrected chi connectivity index (χ0v) is 12.0. The lowest BCUT2D eigenvalue weighted by atomic mass is 9.89. The molecule has 1 aliphatic rings. The Morgan fingerprint density at radius 3 is 2.30 bits per heavy atom. The van der Waals surface area contributed by atoms with Crippen molar-refractivity contribution in [1.29, 1.82) is 0 Å². The van der Waals surface area contributed by atoms with Gasteiger partial charge >= 0.3 is 12.9 Å². The first-order valence-electron chi connectivity index (χ1n) is 6.35. The van der Waals surface area contributed by atoms with Crippen molar-refractivity contribution in [3.63, 3.8) is 0 Å². The standard InChI is InChI=1S/C13H17BN2O4/c1-12(2)13(3,4)20-14(19-12)8-7-10-5-6-11(15-9-10)16(17)18/h5-9H,1-4H3/b8-7+. The van der Waals surface area contributed by atoms with Gasteiger partial charge in [0.05, 0.1) is 11.2 Å². The highest BCUT2D eigenvalue weighted by Crippen LogP contribution is 2.36. The van der Waals surface area contributed by atoms with Gasteiger partial charge in [-0.25, -0.2) is 0 Å². The monoisotopic (exact) mass is 276 g/mol. The average Bonchev–Trinajstić information content (AvgIpc) is 2.56. The van der Waals surface area contributed by atoms with E-state index in [1.165, 1.54) is 12.3 Å². The molecule has 0 spiro atoms. The summed E-state index contributed by atoms with van der Waals surface area (Å²) in [5.74, 6) is 1.61. The number of hydrogen-bond acceptors (Lipinski definition) is 5. The topological polar surface area (TPSA) is 74.5 Å². The Kier molecular flexibility index (Phi) is 3.66. The van der Waals surface area contributed by atoms with Crippen molar-refractivity contribution in [2.24, 2.45) is 0 Å². The molecule has 6 nitrogen and oxygen atoms in total. The van der Waals surface area contributed by atoms with Crippen LogP contribution in [0.2, 0.25) is 0 Å². The molecule has 0 unspecified atom stereocenters. The number of rotatable bonds is 3. The molecule has 1 fully saturated rings. The van der Waals surface area contributed by atoms with Gasteiger partial charge < -0.3 is 19.4 Å². The van der Waals surface area contributed by atoms with Crippen LogP contribution in [0.25, 0.3) is 6.08 Å². The Morgan fingerprint density at radius 1 is 1.25 bits per heavy atom. The largest absolute Gasteiger partial charge is 0.487 e. The molecule has 0 aromatic carbocycles. The number of hydrogen-bond donors (Lipinski definition) is 0. The van der Waals surface area contributed by atoms with Crippen molar-refractivity contribution in [3.05, 3.63) is 40.0 Å². The van der Waals surface area contributed by atoms with E-state index in [9.17, 15) is 10.1 Å². The van der Waals surface area contributed by atoms with E-state index in [-0.39, 0.29) is 17.0 Å². The highest BCUT2D eigenvalue weighted by Gasteiger charge is 2.49. The van der Waals surface area contributed by atoms with E-state index in [0.29, 0.717) is 0 Å². The lowest BCUT2D eigenvalue weighted by Crippen LogP contribution is -2.41. The molecule has 0 radical (unpaired) electrons. The summed E-state index contributed by atoms with van der Waals surface area (Å²) in [5, 5.41) is 10.5.